The van der Waals surface area contributed by atoms with Gasteiger partial charge in [-0.2, -0.15) is 0 Å². The lowest BCUT2D eigenvalue weighted by Gasteiger charge is -2.32. The van der Waals surface area contributed by atoms with Gasteiger partial charge in [0, 0.05) is 33.7 Å². The smallest absolute Gasteiger partial charge is 0.0725 e. The van der Waals surface area contributed by atoms with Crippen molar-refractivity contribution in [2.24, 2.45) is 17.3 Å². The zero-order valence-corrected chi connectivity index (χ0v) is 38.1. The Bertz CT molecular complexity index is 3750. The normalized spacial score (nSPS) is 24.1. The fourth-order valence-electron chi connectivity index (χ4n) is 14.7. The van der Waals surface area contributed by atoms with Crippen molar-refractivity contribution in [2.75, 3.05) is 4.90 Å². The first-order valence-electron chi connectivity index (χ1n) is 24.7. The number of fused-ring (bicyclic) bond motifs is 19. The van der Waals surface area contributed by atoms with Crippen LogP contribution in [0.25, 0.3) is 55.6 Å². The van der Waals surface area contributed by atoms with Crippen molar-refractivity contribution in [3.8, 4) is 55.6 Å². The first kappa shape index (κ1) is 37.4. The third kappa shape index (κ3) is 4.49. The van der Waals surface area contributed by atoms with Gasteiger partial charge < -0.3 is 4.90 Å². The van der Waals surface area contributed by atoms with E-state index in [1.54, 1.807) is 5.56 Å². The fraction of sp³-hybridized carbons (Fsp3) is 0.134. The molecule has 0 radical (unpaired) electrons. The van der Waals surface area contributed by atoms with Crippen molar-refractivity contribution in [2.45, 2.75) is 36.5 Å². The molecule has 320 valence electrons. The molecule has 2 saturated carbocycles. The second-order valence-corrected chi connectivity index (χ2v) is 21.1. The third-order valence-electron chi connectivity index (χ3n) is 17.8. The Morgan fingerprint density at radius 3 is 1.82 bits per heavy atom. The van der Waals surface area contributed by atoms with Crippen molar-refractivity contribution in [3.05, 3.63) is 269 Å². The third-order valence-corrected chi connectivity index (χ3v) is 17.8. The standard InChI is InChI=1S/C67H47N/c1-65(2)54-22-10-6-18-47(54)49-33-32-44(37-59(49)65)68(61-26-13-9-17-45(61)40-15-4-3-5-16-40)43-30-27-41(28-31-43)46-21-14-25-57-62(46)50-20-8-12-24-56(50)67(57)55-23-11-7-19-48(55)52-38-51-42-29-34-58-64-63(53(51)39-60(52)67)66(58,64)36-35-42/h3-39,42,58,63-64H,1-2H3. The predicted octanol–water partition coefficient (Wildman–Crippen LogP) is 16.7. The van der Waals surface area contributed by atoms with Crippen molar-refractivity contribution in [1.82, 2.24) is 0 Å². The average Bonchev–Trinajstić information content (AvgIpc) is 4.16. The predicted molar refractivity (Wildman–Crippen MR) is 279 cm³/mol. The first-order chi connectivity index (χ1) is 33.5. The minimum Gasteiger partial charge on any atom is -0.310 e. The Hall–Kier alpha value is -7.74. The molecule has 7 aliphatic carbocycles. The summed E-state index contributed by atoms with van der Waals surface area (Å²) in [6.07, 6.45) is 10.2. The van der Waals surface area contributed by atoms with E-state index in [1.807, 2.05) is 0 Å². The Balaban J connectivity index is 0.869. The molecule has 9 aromatic carbocycles. The lowest BCUT2D eigenvalue weighted by atomic mass is 9.69. The van der Waals surface area contributed by atoms with Crippen LogP contribution in [-0.2, 0) is 10.8 Å². The maximum Gasteiger partial charge on any atom is 0.0725 e. The molecule has 0 amide bonds. The van der Waals surface area contributed by atoms with Crippen LogP contribution >= 0.6 is 0 Å². The van der Waals surface area contributed by atoms with Crippen LogP contribution in [0.5, 0.6) is 0 Å². The highest BCUT2D eigenvalue weighted by Gasteiger charge is 2.85. The van der Waals surface area contributed by atoms with E-state index in [4.69, 9.17) is 0 Å². The van der Waals surface area contributed by atoms with Gasteiger partial charge in [0.2, 0.25) is 0 Å². The van der Waals surface area contributed by atoms with E-state index in [0.29, 0.717) is 17.3 Å². The second kappa shape index (κ2) is 12.8. The summed E-state index contributed by atoms with van der Waals surface area (Å²) in [6.45, 7) is 4.75. The molecule has 2 fully saturated rings. The molecule has 1 nitrogen and oxygen atoms in total. The van der Waals surface area contributed by atoms with Crippen molar-refractivity contribution in [1.29, 1.82) is 0 Å². The van der Waals surface area contributed by atoms with Gasteiger partial charge >= 0.3 is 0 Å². The Labute approximate surface area is 398 Å². The molecule has 9 aromatic rings. The summed E-state index contributed by atoms with van der Waals surface area (Å²) in [5.41, 5.74) is 27.9. The number of nitrogens with zero attached hydrogens (tertiary/aromatic N) is 1. The van der Waals surface area contributed by atoms with E-state index < -0.39 is 5.41 Å². The molecule has 68 heavy (non-hydrogen) atoms. The summed E-state index contributed by atoms with van der Waals surface area (Å²) in [6, 6.07) is 76.3. The summed E-state index contributed by atoms with van der Waals surface area (Å²) in [7, 11) is 0. The molecule has 1 heteroatoms. The molecule has 0 N–H and O–H groups in total. The van der Waals surface area contributed by atoms with Gasteiger partial charge in [-0.3, -0.25) is 0 Å². The lowest BCUT2D eigenvalue weighted by Crippen LogP contribution is -2.26. The number of para-hydroxylation sites is 1. The van der Waals surface area contributed by atoms with Gasteiger partial charge in [-0.05, 0) is 149 Å². The van der Waals surface area contributed by atoms with Crippen LogP contribution < -0.4 is 4.90 Å². The minimum absolute atomic E-state index is 0.120. The van der Waals surface area contributed by atoms with Gasteiger partial charge in [-0.25, -0.2) is 0 Å². The van der Waals surface area contributed by atoms with E-state index in [1.165, 1.54) is 94.6 Å². The number of anilines is 3. The largest absolute Gasteiger partial charge is 0.310 e. The quantitative estimate of drug-likeness (QED) is 0.156. The number of allylic oxidation sites excluding steroid dienone is 4. The highest BCUT2D eigenvalue weighted by Crippen LogP contribution is 2.91. The van der Waals surface area contributed by atoms with Crippen LogP contribution in [0.2, 0.25) is 0 Å². The molecular weight excluding hydrogens is 819 g/mol. The first-order valence-corrected chi connectivity index (χ1v) is 24.7. The number of rotatable bonds is 5. The maximum absolute atomic E-state index is 2.70. The number of benzene rings is 9. The number of hydrogen-bond donors (Lipinski definition) is 0. The SMILES string of the molecule is CC1(C)c2ccccc2-c2ccc(N(c3ccc(-c4cccc5c4-c4ccccc4C54c5ccccc5-c5cc6c(cc54)C4C5C7C=CC6C=CC745)cc3)c3ccccc3-c3ccccc3)cc21. The second-order valence-electron chi connectivity index (χ2n) is 21.1. The molecule has 16 rings (SSSR count). The lowest BCUT2D eigenvalue weighted by molar-refractivity contribution is 0.581. The van der Waals surface area contributed by atoms with Crippen LogP contribution in [0.3, 0.4) is 0 Å². The van der Waals surface area contributed by atoms with Gasteiger partial charge in [-0.15, -0.1) is 0 Å². The molecular formula is C67H47N. The molecule has 0 aliphatic heterocycles. The zero-order valence-electron chi connectivity index (χ0n) is 38.1. The Kier molecular flexibility index (Phi) is 7.04. The Morgan fingerprint density at radius 1 is 0.397 bits per heavy atom. The van der Waals surface area contributed by atoms with E-state index in [0.717, 1.165) is 28.9 Å². The summed E-state index contributed by atoms with van der Waals surface area (Å²) >= 11 is 0. The highest BCUT2D eigenvalue weighted by atomic mass is 15.1. The van der Waals surface area contributed by atoms with Gasteiger partial charge in [-0.1, -0.05) is 202 Å². The van der Waals surface area contributed by atoms with Gasteiger partial charge in [0.15, 0.2) is 0 Å². The zero-order chi connectivity index (χ0) is 44.7. The van der Waals surface area contributed by atoms with E-state index in [9.17, 15) is 0 Å². The van der Waals surface area contributed by atoms with Gasteiger partial charge in [0.25, 0.3) is 0 Å². The summed E-state index contributed by atoms with van der Waals surface area (Å²) < 4.78 is 0. The topological polar surface area (TPSA) is 3.24 Å². The van der Waals surface area contributed by atoms with E-state index >= 15 is 0 Å². The fourth-order valence-corrected chi connectivity index (χ4v) is 14.7. The van der Waals surface area contributed by atoms with Crippen LogP contribution in [0, 0.1) is 17.3 Å². The van der Waals surface area contributed by atoms with Crippen LogP contribution in [0.4, 0.5) is 17.1 Å². The molecule has 6 unspecified atom stereocenters. The monoisotopic (exact) mass is 865 g/mol. The van der Waals surface area contributed by atoms with Crippen LogP contribution in [0.1, 0.15) is 70.2 Å². The minimum atomic E-state index is -0.400. The maximum atomic E-state index is 2.70. The van der Waals surface area contributed by atoms with Crippen LogP contribution in [0.15, 0.2) is 224 Å². The molecule has 2 bridgehead atoms. The van der Waals surface area contributed by atoms with Gasteiger partial charge in [0.05, 0.1) is 11.1 Å². The van der Waals surface area contributed by atoms with Crippen molar-refractivity contribution in [3.63, 3.8) is 0 Å². The highest BCUT2D eigenvalue weighted by molar-refractivity contribution is 6.01. The summed E-state index contributed by atoms with van der Waals surface area (Å²) in [4.78, 5) is 2.48. The van der Waals surface area contributed by atoms with Crippen LogP contribution in [-0.4, -0.2) is 0 Å². The van der Waals surface area contributed by atoms with E-state index in [2.05, 4.69) is 243 Å². The van der Waals surface area contributed by atoms with E-state index in [-0.39, 0.29) is 5.41 Å². The van der Waals surface area contributed by atoms with Crippen molar-refractivity contribution < 1.29 is 0 Å². The molecule has 6 atom stereocenters. The molecule has 0 heterocycles. The molecule has 2 spiro atoms. The molecule has 0 aromatic heterocycles. The Morgan fingerprint density at radius 2 is 1.01 bits per heavy atom. The van der Waals surface area contributed by atoms with Crippen molar-refractivity contribution >= 4 is 17.1 Å². The van der Waals surface area contributed by atoms with Gasteiger partial charge in [0.1, 0.15) is 0 Å². The number of hydrogen-bond acceptors (Lipinski definition) is 1. The molecule has 0 saturated heterocycles. The summed E-state index contributed by atoms with van der Waals surface area (Å²) in [5, 5.41) is 0. The average molecular weight is 866 g/mol. The summed E-state index contributed by atoms with van der Waals surface area (Å²) in [5.74, 6) is 2.48. The molecule has 7 aliphatic rings.